The first-order valence-electron chi connectivity index (χ1n) is 13.2. The molecule has 1 saturated heterocycles. The minimum absolute atomic E-state index is 0. The number of hydrogen-bond donors (Lipinski definition) is 2. The maximum absolute atomic E-state index is 12.7. The highest BCUT2D eigenvalue weighted by molar-refractivity contribution is 5.94. The van der Waals surface area contributed by atoms with E-state index in [0.717, 1.165) is 76.8 Å². The van der Waals surface area contributed by atoms with Gasteiger partial charge in [-0.25, -0.2) is 0 Å². The minimum atomic E-state index is -0.146. The Morgan fingerprint density at radius 1 is 0.861 bits per heavy atom. The Hall–Kier alpha value is -2.57. The third-order valence-corrected chi connectivity index (χ3v) is 7.75. The van der Waals surface area contributed by atoms with Gasteiger partial charge in [-0.2, -0.15) is 0 Å². The monoisotopic (exact) mass is 512 g/mol. The van der Waals surface area contributed by atoms with Crippen LogP contribution in [0.4, 0.5) is 0 Å². The molecule has 0 aromatic heterocycles. The van der Waals surface area contributed by atoms with E-state index in [-0.39, 0.29) is 36.2 Å². The van der Waals surface area contributed by atoms with Gasteiger partial charge in [0.05, 0.1) is 12.5 Å². The number of carbonyl (C=O) groups is 2. The number of hydrogen-bond acceptors (Lipinski definition) is 5. The molecule has 1 aliphatic heterocycles. The van der Waals surface area contributed by atoms with Crippen molar-refractivity contribution in [1.29, 1.82) is 0 Å². The van der Waals surface area contributed by atoms with E-state index in [0.29, 0.717) is 17.2 Å². The van der Waals surface area contributed by atoms with Crippen molar-refractivity contribution in [3.05, 3.63) is 59.2 Å². The summed E-state index contributed by atoms with van der Waals surface area (Å²) in [5, 5.41) is 6.51. The van der Waals surface area contributed by atoms with E-state index in [1.807, 2.05) is 36.4 Å². The zero-order valence-corrected chi connectivity index (χ0v) is 21.6. The predicted molar refractivity (Wildman–Crippen MR) is 142 cm³/mol. The average molecular weight is 513 g/mol. The second kappa shape index (κ2) is 12.6. The van der Waals surface area contributed by atoms with Crippen LogP contribution in [0.25, 0.3) is 0 Å². The summed E-state index contributed by atoms with van der Waals surface area (Å²) in [7, 11) is 0. The average Bonchev–Trinajstić information content (AvgIpc) is 3.37. The van der Waals surface area contributed by atoms with E-state index in [1.54, 1.807) is 0 Å². The largest absolute Gasteiger partial charge is 0.493 e. The van der Waals surface area contributed by atoms with Gasteiger partial charge in [0.25, 0.3) is 5.91 Å². The molecule has 0 unspecified atom stereocenters. The van der Waals surface area contributed by atoms with E-state index in [2.05, 4.69) is 16.7 Å². The van der Waals surface area contributed by atoms with Crippen LogP contribution in [-0.4, -0.2) is 37.6 Å². The van der Waals surface area contributed by atoms with Gasteiger partial charge in [0, 0.05) is 11.6 Å². The molecule has 6 nitrogen and oxygen atoms in total. The maximum Gasteiger partial charge on any atom is 0.314 e. The summed E-state index contributed by atoms with van der Waals surface area (Å²) in [6, 6.07) is 13.5. The SMILES string of the molecule is Cl.O=C(NC1CCC(C(=O)Oc2ccc3c(c2)CCC3)CC1)c1ccc(OCC2CCNCC2)cc1. The first-order valence-corrected chi connectivity index (χ1v) is 13.2. The van der Waals surface area contributed by atoms with Gasteiger partial charge in [-0.1, -0.05) is 6.07 Å². The molecule has 2 fully saturated rings. The van der Waals surface area contributed by atoms with Crippen LogP contribution in [0.3, 0.4) is 0 Å². The van der Waals surface area contributed by atoms with E-state index in [1.165, 1.54) is 17.5 Å². The van der Waals surface area contributed by atoms with Crippen molar-refractivity contribution in [2.75, 3.05) is 19.7 Å². The first kappa shape index (κ1) is 26.5. The Bertz CT molecular complexity index is 1030. The molecular formula is C29H37ClN2O4. The Morgan fingerprint density at radius 3 is 2.31 bits per heavy atom. The predicted octanol–water partition coefficient (Wildman–Crippen LogP) is 4.87. The van der Waals surface area contributed by atoms with Gasteiger partial charge in [0.15, 0.2) is 0 Å². The molecule has 0 spiro atoms. The van der Waals surface area contributed by atoms with Gasteiger partial charge in [0.2, 0.25) is 0 Å². The summed E-state index contributed by atoms with van der Waals surface area (Å²) < 4.78 is 11.6. The van der Waals surface area contributed by atoms with Crippen molar-refractivity contribution in [3.8, 4) is 11.5 Å². The summed E-state index contributed by atoms with van der Waals surface area (Å²) in [6.45, 7) is 2.85. The van der Waals surface area contributed by atoms with Crippen LogP contribution >= 0.6 is 12.4 Å². The molecule has 0 bridgehead atoms. The van der Waals surface area contributed by atoms with Gasteiger partial charge in [-0.3, -0.25) is 9.59 Å². The molecule has 2 N–H and O–H groups in total. The van der Waals surface area contributed by atoms with Crippen LogP contribution in [0, 0.1) is 11.8 Å². The molecule has 36 heavy (non-hydrogen) atoms. The fourth-order valence-electron chi connectivity index (χ4n) is 5.52. The summed E-state index contributed by atoms with van der Waals surface area (Å²) in [5.41, 5.74) is 3.32. The van der Waals surface area contributed by atoms with E-state index in [9.17, 15) is 9.59 Å². The zero-order valence-electron chi connectivity index (χ0n) is 20.8. The van der Waals surface area contributed by atoms with Crippen molar-refractivity contribution in [1.82, 2.24) is 10.6 Å². The van der Waals surface area contributed by atoms with Crippen LogP contribution in [0.5, 0.6) is 11.5 Å². The van der Waals surface area contributed by atoms with Gasteiger partial charge in [0.1, 0.15) is 11.5 Å². The third-order valence-electron chi connectivity index (χ3n) is 7.75. The lowest BCUT2D eigenvalue weighted by Gasteiger charge is -2.28. The van der Waals surface area contributed by atoms with Gasteiger partial charge >= 0.3 is 5.97 Å². The second-order valence-corrected chi connectivity index (χ2v) is 10.3. The topological polar surface area (TPSA) is 76.7 Å². The van der Waals surface area contributed by atoms with Crippen LogP contribution < -0.4 is 20.1 Å². The highest BCUT2D eigenvalue weighted by Gasteiger charge is 2.29. The molecule has 1 heterocycles. The first-order chi connectivity index (χ1) is 17.1. The molecule has 0 radical (unpaired) electrons. The lowest BCUT2D eigenvalue weighted by atomic mass is 9.86. The number of fused-ring (bicyclic) bond motifs is 1. The molecule has 2 aliphatic carbocycles. The molecular weight excluding hydrogens is 476 g/mol. The number of esters is 1. The number of halogens is 1. The Morgan fingerprint density at radius 2 is 1.56 bits per heavy atom. The van der Waals surface area contributed by atoms with Crippen molar-refractivity contribution < 1.29 is 19.1 Å². The number of piperidine rings is 1. The van der Waals surface area contributed by atoms with Gasteiger partial charge in [-0.15, -0.1) is 12.4 Å². The molecule has 7 heteroatoms. The van der Waals surface area contributed by atoms with E-state index in [4.69, 9.17) is 9.47 Å². The normalized spacial score (nSPS) is 21.7. The fraction of sp³-hybridized carbons (Fsp3) is 0.517. The number of aryl methyl sites for hydroxylation is 2. The summed E-state index contributed by atoms with van der Waals surface area (Å²) >= 11 is 0. The van der Waals surface area contributed by atoms with Crippen LogP contribution in [0.2, 0.25) is 0 Å². The highest BCUT2D eigenvalue weighted by atomic mass is 35.5. The number of amides is 1. The standard InChI is InChI=1S/C29H36N2O4.ClH/c32-28(22-7-11-26(12-8-22)34-19-20-14-16-30-17-15-20)31-25-9-4-23(5-10-25)29(33)35-27-13-6-21-2-1-3-24(21)18-27;/h6-8,11-13,18,20,23,25,30H,1-5,9-10,14-17,19H2,(H,31,32);1H. The van der Waals surface area contributed by atoms with Crippen LogP contribution in [0.1, 0.15) is 66.4 Å². The number of ether oxygens (including phenoxy) is 2. The van der Waals surface area contributed by atoms with Crippen LogP contribution in [-0.2, 0) is 17.6 Å². The fourth-order valence-corrected chi connectivity index (χ4v) is 5.52. The maximum atomic E-state index is 12.7. The van der Waals surface area contributed by atoms with Gasteiger partial charge < -0.3 is 20.1 Å². The molecule has 2 aromatic rings. The van der Waals surface area contributed by atoms with E-state index < -0.39 is 0 Å². The lowest BCUT2D eigenvalue weighted by molar-refractivity contribution is -0.140. The van der Waals surface area contributed by atoms with Crippen molar-refractivity contribution in [3.63, 3.8) is 0 Å². The Balaban J connectivity index is 0.00000304. The number of rotatable bonds is 7. The molecule has 5 rings (SSSR count). The van der Waals surface area contributed by atoms with Crippen molar-refractivity contribution in [2.24, 2.45) is 11.8 Å². The molecule has 1 amide bonds. The minimum Gasteiger partial charge on any atom is -0.493 e. The van der Waals surface area contributed by atoms with Crippen molar-refractivity contribution >= 4 is 24.3 Å². The molecule has 0 atom stereocenters. The van der Waals surface area contributed by atoms with Gasteiger partial charge in [-0.05, 0) is 124 Å². The summed E-state index contributed by atoms with van der Waals surface area (Å²) in [4.78, 5) is 25.4. The van der Waals surface area contributed by atoms with E-state index >= 15 is 0 Å². The zero-order chi connectivity index (χ0) is 24.0. The summed E-state index contributed by atoms with van der Waals surface area (Å²) in [6.07, 6.45) is 8.70. The quantitative estimate of drug-likeness (QED) is 0.409. The Kier molecular flexibility index (Phi) is 9.27. The Labute approximate surface area is 219 Å². The second-order valence-electron chi connectivity index (χ2n) is 10.3. The number of benzene rings is 2. The number of carbonyl (C=O) groups excluding carboxylic acids is 2. The van der Waals surface area contributed by atoms with Crippen molar-refractivity contribution in [2.45, 2.75) is 63.8 Å². The summed E-state index contributed by atoms with van der Waals surface area (Å²) in [5.74, 6) is 1.75. The molecule has 194 valence electrons. The molecule has 3 aliphatic rings. The lowest BCUT2D eigenvalue weighted by Crippen LogP contribution is -2.39. The smallest absolute Gasteiger partial charge is 0.314 e. The molecule has 2 aromatic carbocycles. The highest BCUT2D eigenvalue weighted by Crippen LogP contribution is 2.29. The number of nitrogens with one attached hydrogen (secondary N) is 2. The molecule has 1 saturated carbocycles. The third kappa shape index (κ3) is 6.80. The van der Waals surface area contributed by atoms with Crippen LogP contribution in [0.15, 0.2) is 42.5 Å².